The molecule has 26 heavy (non-hydrogen) atoms. The number of thioether (sulfide) groups is 1. The van der Waals surface area contributed by atoms with E-state index < -0.39 is 29.7 Å². The number of halogens is 1. The molecule has 1 amide bonds. The SMILES string of the molecule is COC(=O)CSC1=C(C#N)[C@H](c2cccc(Br)c2)[C@@H](C(=O)OC)C(=O)N1. The fourth-order valence-corrected chi connectivity index (χ4v) is 3.87. The third kappa shape index (κ3) is 4.26. The van der Waals surface area contributed by atoms with E-state index >= 15 is 0 Å². The van der Waals surface area contributed by atoms with Gasteiger partial charge < -0.3 is 14.8 Å². The number of amides is 1. The number of ether oxygens (including phenoxy) is 2. The van der Waals surface area contributed by atoms with Crippen molar-refractivity contribution >= 4 is 45.5 Å². The van der Waals surface area contributed by atoms with Crippen molar-refractivity contribution in [2.75, 3.05) is 20.0 Å². The zero-order chi connectivity index (χ0) is 19.3. The molecule has 2 atom stereocenters. The number of rotatable bonds is 5. The largest absolute Gasteiger partial charge is 0.468 e. The van der Waals surface area contributed by atoms with E-state index in [2.05, 4.69) is 32.1 Å². The van der Waals surface area contributed by atoms with E-state index in [9.17, 15) is 19.6 Å². The molecule has 1 N–H and O–H groups in total. The molecule has 0 fully saturated rings. The maximum absolute atomic E-state index is 12.6. The first-order valence-corrected chi connectivity index (χ1v) is 9.18. The zero-order valence-electron chi connectivity index (χ0n) is 13.9. The minimum Gasteiger partial charge on any atom is -0.468 e. The lowest BCUT2D eigenvalue weighted by molar-refractivity contribution is -0.150. The van der Waals surface area contributed by atoms with Crippen LogP contribution in [0, 0.1) is 17.2 Å². The number of allylic oxidation sites excluding steroid dienone is 1. The molecule has 136 valence electrons. The number of methoxy groups -OCH3 is 2. The Bertz CT molecular complexity index is 818. The van der Waals surface area contributed by atoms with Crippen molar-refractivity contribution in [3.8, 4) is 6.07 Å². The summed E-state index contributed by atoms with van der Waals surface area (Å²) >= 11 is 4.33. The topological polar surface area (TPSA) is 105 Å². The van der Waals surface area contributed by atoms with E-state index in [4.69, 9.17) is 4.74 Å². The number of nitrogens with zero attached hydrogens (tertiary/aromatic N) is 1. The molecule has 2 rings (SSSR count). The van der Waals surface area contributed by atoms with Crippen LogP contribution in [0.25, 0.3) is 0 Å². The van der Waals surface area contributed by atoms with Gasteiger partial charge in [-0.15, -0.1) is 0 Å². The molecular weight excluding hydrogens is 424 g/mol. The van der Waals surface area contributed by atoms with Crippen LogP contribution < -0.4 is 5.32 Å². The molecule has 0 unspecified atom stereocenters. The average Bonchev–Trinajstić information content (AvgIpc) is 2.64. The molecule has 0 aliphatic carbocycles. The van der Waals surface area contributed by atoms with Crippen LogP contribution in [0.1, 0.15) is 11.5 Å². The number of hydrogen-bond acceptors (Lipinski definition) is 7. The quantitative estimate of drug-likeness (QED) is 0.553. The molecule has 1 aliphatic rings. The molecule has 0 spiro atoms. The van der Waals surface area contributed by atoms with Gasteiger partial charge in [0.1, 0.15) is 5.92 Å². The van der Waals surface area contributed by atoms with Crippen molar-refractivity contribution in [3.63, 3.8) is 0 Å². The minimum absolute atomic E-state index is 0.0780. The number of carbonyl (C=O) groups excluding carboxylic acids is 3. The van der Waals surface area contributed by atoms with Crippen molar-refractivity contribution in [2.24, 2.45) is 5.92 Å². The molecule has 0 saturated heterocycles. The van der Waals surface area contributed by atoms with Crippen molar-refractivity contribution < 1.29 is 23.9 Å². The minimum atomic E-state index is -1.20. The standard InChI is InChI=1S/C17H15BrN2O5S/c1-24-12(21)8-26-16-11(7-19)13(9-4-3-5-10(18)6-9)14(15(22)20-16)17(23)25-2/h3-6,13-14H,8H2,1-2H3,(H,20,22)/t13-,14+/m0/s1. The van der Waals surface area contributed by atoms with Gasteiger partial charge in [0, 0.05) is 10.4 Å². The van der Waals surface area contributed by atoms with E-state index in [1.165, 1.54) is 14.2 Å². The highest BCUT2D eigenvalue weighted by molar-refractivity contribution is 9.10. The summed E-state index contributed by atoms with van der Waals surface area (Å²) in [6.07, 6.45) is 0. The summed E-state index contributed by atoms with van der Waals surface area (Å²) in [7, 11) is 2.43. The highest BCUT2D eigenvalue weighted by Gasteiger charge is 2.44. The first kappa shape index (κ1) is 20.0. The predicted molar refractivity (Wildman–Crippen MR) is 97.6 cm³/mol. The first-order chi connectivity index (χ1) is 12.4. The van der Waals surface area contributed by atoms with Crippen LogP contribution in [0.2, 0.25) is 0 Å². The highest BCUT2D eigenvalue weighted by Crippen LogP contribution is 2.40. The van der Waals surface area contributed by atoms with E-state index in [1.807, 2.05) is 0 Å². The fraction of sp³-hybridized carbons (Fsp3) is 0.294. The smallest absolute Gasteiger partial charge is 0.319 e. The van der Waals surface area contributed by atoms with Gasteiger partial charge in [-0.1, -0.05) is 39.8 Å². The highest BCUT2D eigenvalue weighted by atomic mass is 79.9. The number of hydrogen-bond donors (Lipinski definition) is 1. The van der Waals surface area contributed by atoms with E-state index in [0.717, 1.165) is 16.2 Å². The summed E-state index contributed by atoms with van der Waals surface area (Å²) in [6.45, 7) is 0. The Morgan fingerprint density at radius 3 is 2.65 bits per heavy atom. The van der Waals surface area contributed by atoms with Crippen LogP contribution in [0.15, 0.2) is 39.3 Å². The van der Waals surface area contributed by atoms with Crippen molar-refractivity contribution in [3.05, 3.63) is 44.9 Å². The maximum atomic E-state index is 12.6. The molecule has 1 aromatic carbocycles. The monoisotopic (exact) mass is 438 g/mol. The number of esters is 2. The molecule has 0 saturated carbocycles. The fourth-order valence-electron chi connectivity index (χ4n) is 2.57. The van der Waals surface area contributed by atoms with Crippen LogP contribution in [0.5, 0.6) is 0 Å². The van der Waals surface area contributed by atoms with E-state index in [-0.39, 0.29) is 16.4 Å². The van der Waals surface area contributed by atoms with Crippen molar-refractivity contribution in [2.45, 2.75) is 5.92 Å². The first-order valence-electron chi connectivity index (χ1n) is 7.41. The number of carbonyl (C=O) groups is 3. The van der Waals surface area contributed by atoms with Gasteiger partial charge in [-0.2, -0.15) is 5.26 Å². The lowest BCUT2D eigenvalue weighted by Crippen LogP contribution is -2.44. The van der Waals surface area contributed by atoms with Crippen molar-refractivity contribution in [1.82, 2.24) is 5.32 Å². The normalized spacial score (nSPS) is 19.4. The van der Waals surface area contributed by atoms with E-state index in [1.54, 1.807) is 24.3 Å². The average molecular weight is 439 g/mol. The molecule has 7 nitrogen and oxygen atoms in total. The Balaban J connectivity index is 2.55. The van der Waals surface area contributed by atoms with Gasteiger partial charge in [0.15, 0.2) is 0 Å². The lowest BCUT2D eigenvalue weighted by Gasteiger charge is -2.30. The Morgan fingerprint density at radius 2 is 2.08 bits per heavy atom. The molecule has 1 aliphatic heterocycles. The van der Waals surface area contributed by atoms with Gasteiger partial charge in [0.25, 0.3) is 0 Å². The van der Waals surface area contributed by atoms with Gasteiger partial charge in [-0.3, -0.25) is 14.4 Å². The third-order valence-corrected chi connectivity index (χ3v) is 5.24. The lowest BCUT2D eigenvalue weighted by atomic mass is 9.78. The third-order valence-electron chi connectivity index (χ3n) is 3.75. The summed E-state index contributed by atoms with van der Waals surface area (Å²) in [5.41, 5.74) is 0.796. The second-order valence-electron chi connectivity index (χ2n) is 5.24. The Hall–Kier alpha value is -2.31. The second-order valence-corrected chi connectivity index (χ2v) is 7.14. The Kier molecular flexibility index (Phi) is 6.83. The molecule has 0 aromatic heterocycles. The van der Waals surface area contributed by atoms with Crippen LogP contribution in [-0.4, -0.2) is 37.8 Å². The molecule has 0 bridgehead atoms. The molecular formula is C17H15BrN2O5S. The number of nitrogens with one attached hydrogen (secondary N) is 1. The second kappa shape index (κ2) is 8.87. The molecule has 9 heteroatoms. The predicted octanol–water partition coefficient (Wildman–Crippen LogP) is 2.09. The summed E-state index contributed by atoms with van der Waals surface area (Å²) < 4.78 is 10.1. The van der Waals surface area contributed by atoms with Crippen LogP contribution in [0.3, 0.4) is 0 Å². The zero-order valence-corrected chi connectivity index (χ0v) is 16.3. The van der Waals surface area contributed by atoms with Gasteiger partial charge in [0.05, 0.1) is 36.6 Å². The summed E-state index contributed by atoms with van der Waals surface area (Å²) in [6, 6.07) is 9.06. The Morgan fingerprint density at radius 1 is 1.35 bits per heavy atom. The maximum Gasteiger partial charge on any atom is 0.319 e. The van der Waals surface area contributed by atoms with Crippen LogP contribution >= 0.6 is 27.7 Å². The molecule has 1 aromatic rings. The number of benzene rings is 1. The summed E-state index contributed by atoms with van der Waals surface area (Å²) in [4.78, 5) is 36.2. The number of nitriles is 1. The molecule has 0 radical (unpaired) electrons. The Labute approximate surface area is 162 Å². The summed E-state index contributed by atoms with van der Waals surface area (Å²) in [5.74, 6) is -3.93. The van der Waals surface area contributed by atoms with Gasteiger partial charge in [0.2, 0.25) is 5.91 Å². The molecule has 1 heterocycles. The van der Waals surface area contributed by atoms with Crippen LogP contribution in [0.4, 0.5) is 0 Å². The summed E-state index contributed by atoms with van der Waals surface area (Å²) in [5, 5.41) is 12.5. The van der Waals surface area contributed by atoms with E-state index in [0.29, 0.717) is 5.56 Å². The van der Waals surface area contributed by atoms with Gasteiger partial charge in [-0.25, -0.2) is 0 Å². The van der Waals surface area contributed by atoms with Crippen molar-refractivity contribution in [1.29, 1.82) is 5.26 Å². The van der Waals surface area contributed by atoms with Gasteiger partial charge in [-0.05, 0) is 17.7 Å². The van der Waals surface area contributed by atoms with Crippen LogP contribution in [-0.2, 0) is 23.9 Å². The van der Waals surface area contributed by atoms with Gasteiger partial charge >= 0.3 is 11.9 Å².